The molecule has 2 aromatic rings. The highest BCUT2D eigenvalue weighted by molar-refractivity contribution is 7.89. The maximum absolute atomic E-state index is 13.0. The minimum atomic E-state index is -3.63. The Balaban J connectivity index is 1.91. The van der Waals surface area contributed by atoms with Crippen LogP contribution in [0.5, 0.6) is 5.75 Å². The topological polar surface area (TPSA) is 66.4 Å². The average Bonchev–Trinajstić information content (AvgIpc) is 2.45. The molecule has 0 heterocycles. The van der Waals surface area contributed by atoms with Gasteiger partial charge in [0.1, 0.15) is 11.6 Å². The number of halogens is 1. The molecule has 4 nitrogen and oxygen atoms in total. The van der Waals surface area contributed by atoms with Crippen molar-refractivity contribution in [2.45, 2.75) is 24.7 Å². The Morgan fingerprint density at radius 3 is 2.45 bits per heavy atom. The minimum absolute atomic E-state index is 0.0959. The molecular formula is C16H18FNO3S. The number of hydrogen-bond acceptors (Lipinski definition) is 3. The lowest BCUT2D eigenvalue weighted by Crippen LogP contribution is -2.25. The van der Waals surface area contributed by atoms with E-state index in [2.05, 4.69) is 4.72 Å². The van der Waals surface area contributed by atoms with Gasteiger partial charge in [-0.05, 0) is 61.2 Å². The van der Waals surface area contributed by atoms with Gasteiger partial charge in [-0.2, -0.15) is 0 Å². The van der Waals surface area contributed by atoms with Crippen LogP contribution in [-0.2, 0) is 16.4 Å². The van der Waals surface area contributed by atoms with Gasteiger partial charge in [0.15, 0.2) is 0 Å². The number of nitrogens with one attached hydrogen (secondary N) is 1. The van der Waals surface area contributed by atoms with Gasteiger partial charge in [0, 0.05) is 6.54 Å². The van der Waals surface area contributed by atoms with Crippen molar-refractivity contribution < 1.29 is 17.9 Å². The van der Waals surface area contributed by atoms with Crippen LogP contribution in [0, 0.1) is 12.7 Å². The summed E-state index contributed by atoms with van der Waals surface area (Å²) >= 11 is 0. The van der Waals surface area contributed by atoms with E-state index in [1.54, 1.807) is 31.2 Å². The number of aromatic hydroxyl groups is 1. The van der Waals surface area contributed by atoms with E-state index in [1.807, 2.05) is 0 Å². The highest BCUT2D eigenvalue weighted by Gasteiger charge is 2.16. The Bertz CT molecular complexity index is 742. The summed E-state index contributed by atoms with van der Waals surface area (Å²) in [4.78, 5) is 0.0959. The van der Waals surface area contributed by atoms with Gasteiger partial charge in [0.2, 0.25) is 10.0 Å². The summed E-state index contributed by atoms with van der Waals surface area (Å²) in [6.45, 7) is 1.86. The van der Waals surface area contributed by atoms with Gasteiger partial charge in [0.25, 0.3) is 0 Å². The highest BCUT2D eigenvalue weighted by Crippen LogP contribution is 2.16. The van der Waals surface area contributed by atoms with E-state index < -0.39 is 15.8 Å². The molecule has 0 aromatic heterocycles. The van der Waals surface area contributed by atoms with Crippen LogP contribution in [-0.4, -0.2) is 20.1 Å². The van der Waals surface area contributed by atoms with Gasteiger partial charge < -0.3 is 5.11 Å². The molecule has 0 radical (unpaired) electrons. The lowest BCUT2D eigenvalue weighted by molar-refractivity contribution is 0.475. The first-order valence-electron chi connectivity index (χ1n) is 6.92. The molecule has 0 atom stereocenters. The quantitative estimate of drug-likeness (QED) is 0.803. The molecule has 0 bridgehead atoms. The average molecular weight is 323 g/mol. The Kier molecular flexibility index (Phi) is 5.15. The van der Waals surface area contributed by atoms with Gasteiger partial charge in [-0.25, -0.2) is 17.5 Å². The van der Waals surface area contributed by atoms with Crippen molar-refractivity contribution in [3.05, 3.63) is 59.4 Å². The summed E-state index contributed by atoms with van der Waals surface area (Å²) in [5, 5.41) is 9.19. The number of sulfonamides is 1. The molecule has 2 aromatic carbocycles. The van der Waals surface area contributed by atoms with Crippen molar-refractivity contribution in [2.75, 3.05) is 6.54 Å². The maximum Gasteiger partial charge on any atom is 0.240 e. The Hall–Kier alpha value is -1.92. The summed E-state index contributed by atoms with van der Waals surface area (Å²) in [6, 6.07) is 10.4. The van der Waals surface area contributed by atoms with Crippen molar-refractivity contribution in [2.24, 2.45) is 0 Å². The van der Waals surface area contributed by atoms with Gasteiger partial charge in [0.05, 0.1) is 4.90 Å². The third-order valence-corrected chi connectivity index (χ3v) is 4.92. The molecule has 22 heavy (non-hydrogen) atoms. The molecular weight excluding hydrogens is 305 g/mol. The van der Waals surface area contributed by atoms with E-state index in [9.17, 15) is 17.9 Å². The van der Waals surface area contributed by atoms with E-state index in [4.69, 9.17) is 0 Å². The van der Waals surface area contributed by atoms with Crippen LogP contribution in [0.15, 0.2) is 47.4 Å². The molecule has 0 spiro atoms. The van der Waals surface area contributed by atoms with Crippen LogP contribution in [0.2, 0.25) is 0 Å². The molecule has 0 aliphatic rings. The zero-order valence-electron chi connectivity index (χ0n) is 12.2. The monoisotopic (exact) mass is 323 g/mol. The lowest BCUT2D eigenvalue weighted by Gasteiger charge is -2.09. The molecule has 2 rings (SSSR count). The first-order chi connectivity index (χ1) is 10.4. The highest BCUT2D eigenvalue weighted by atomic mass is 32.2. The smallest absolute Gasteiger partial charge is 0.240 e. The van der Waals surface area contributed by atoms with E-state index >= 15 is 0 Å². The number of phenolic OH excluding ortho intramolecular Hbond substituents is 1. The predicted molar refractivity (Wildman–Crippen MR) is 82.8 cm³/mol. The fourth-order valence-electron chi connectivity index (χ4n) is 2.15. The van der Waals surface area contributed by atoms with E-state index in [0.29, 0.717) is 24.9 Å². The fourth-order valence-corrected chi connectivity index (χ4v) is 3.45. The van der Waals surface area contributed by atoms with E-state index in [1.165, 1.54) is 12.1 Å². The van der Waals surface area contributed by atoms with Gasteiger partial charge >= 0.3 is 0 Å². The van der Waals surface area contributed by atoms with Crippen molar-refractivity contribution in [3.8, 4) is 5.75 Å². The zero-order chi connectivity index (χ0) is 16.2. The van der Waals surface area contributed by atoms with Crippen molar-refractivity contribution >= 4 is 10.0 Å². The van der Waals surface area contributed by atoms with Crippen molar-refractivity contribution in [1.82, 2.24) is 4.72 Å². The third kappa shape index (κ3) is 4.29. The van der Waals surface area contributed by atoms with Gasteiger partial charge in [-0.3, -0.25) is 0 Å². The Morgan fingerprint density at radius 1 is 1.14 bits per heavy atom. The molecule has 0 aliphatic heterocycles. The van der Waals surface area contributed by atoms with Crippen LogP contribution >= 0.6 is 0 Å². The largest absolute Gasteiger partial charge is 0.508 e. The van der Waals surface area contributed by atoms with Crippen LogP contribution < -0.4 is 4.72 Å². The van der Waals surface area contributed by atoms with Gasteiger partial charge in [-0.1, -0.05) is 12.1 Å². The summed E-state index contributed by atoms with van der Waals surface area (Å²) in [5.41, 5.74) is 1.40. The number of phenols is 1. The summed E-state index contributed by atoms with van der Waals surface area (Å²) in [6.07, 6.45) is 1.33. The van der Waals surface area contributed by atoms with E-state index in [-0.39, 0.29) is 10.6 Å². The second kappa shape index (κ2) is 6.89. The summed E-state index contributed by atoms with van der Waals surface area (Å²) < 4.78 is 39.9. The summed E-state index contributed by atoms with van der Waals surface area (Å²) in [7, 11) is -3.63. The lowest BCUT2D eigenvalue weighted by atomic mass is 10.1. The molecule has 6 heteroatoms. The maximum atomic E-state index is 13.0. The first kappa shape index (κ1) is 16.5. The first-order valence-corrected chi connectivity index (χ1v) is 8.40. The minimum Gasteiger partial charge on any atom is -0.508 e. The van der Waals surface area contributed by atoms with Crippen LogP contribution in [0.1, 0.15) is 17.5 Å². The molecule has 0 saturated heterocycles. The van der Waals surface area contributed by atoms with Crippen molar-refractivity contribution in [3.63, 3.8) is 0 Å². The number of aryl methyl sites for hydroxylation is 2. The number of benzene rings is 2. The normalized spacial score (nSPS) is 11.5. The van der Waals surface area contributed by atoms with Crippen molar-refractivity contribution in [1.29, 1.82) is 0 Å². The number of rotatable bonds is 6. The second-order valence-corrected chi connectivity index (χ2v) is 6.81. The number of hydrogen-bond donors (Lipinski definition) is 2. The van der Waals surface area contributed by atoms with Crippen LogP contribution in [0.4, 0.5) is 4.39 Å². The SMILES string of the molecule is Cc1cc(F)ccc1S(=O)(=O)NCCCc1ccc(O)cc1. The molecule has 0 fully saturated rings. The van der Waals surface area contributed by atoms with Crippen LogP contribution in [0.25, 0.3) is 0 Å². The molecule has 0 amide bonds. The zero-order valence-corrected chi connectivity index (χ0v) is 13.0. The fraction of sp³-hybridized carbons (Fsp3) is 0.250. The standard InChI is InChI=1S/C16H18FNO3S/c1-12-11-14(17)6-9-16(12)22(20,21)18-10-2-3-13-4-7-15(19)8-5-13/h4-9,11,18-19H,2-3,10H2,1H3. The second-order valence-electron chi connectivity index (χ2n) is 5.08. The Morgan fingerprint density at radius 2 is 1.82 bits per heavy atom. The molecule has 0 saturated carbocycles. The van der Waals surface area contributed by atoms with Gasteiger partial charge in [-0.15, -0.1) is 0 Å². The third-order valence-electron chi connectivity index (χ3n) is 3.30. The molecule has 0 unspecified atom stereocenters. The molecule has 118 valence electrons. The van der Waals surface area contributed by atoms with Crippen LogP contribution in [0.3, 0.4) is 0 Å². The van der Waals surface area contributed by atoms with E-state index in [0.717, 1.165) is 11.6 Å². The molecule has 2 N–H and O–H groups in total. The predicted octanol–water partition coefficient (Wildman–Crippen LogP) is 2.75. The molecule has 0 aliphatic carbocycles. The summed E-state index contributed by atoms with van der Waals surface area (Å²) in [5.74, 6) is -0.250. The Labute approximate surface area is 129 Å².